The predicted octanol–water partition coefficient (Wildman–Crippen LogP) is 2.88. The molecule has 140 valence electrons. The highest BCUT2D eigenvalue weighted by Gasteiger charge is 2.27. The lowest BCUT2D eigenvalue weighted by atomic mass is 9.97. The molecule has 0 unspecified atom stereocenters. The first-order valence-electron chi connectivity index (χ1n) is 9.11. The summed E-state index contributed by atoms with van der Waals surface area (Å²) < 4.78 is 5.77. The van der Waals surface area contributed by atoms with Crippen molar-refractivity contribution >= 4 is 11.9 Å². The number of nitrogens with one attached hydrogen (secondary N) is 1. The average Bonchev–Trinajstić information content (AvgIpc) is 2.68. The van der Waals surface area contributed by atoms with Gasteiger partial charge in [0, 0.05) is 31.4 Å². The first kappa shape index (κ1) is 18.6. The monoisotopic (exact) mass is 365 g/mol. The molecule has 3 rings (SSSR count). The molecule has 27 heavy (non-hydrogen) atoms. The highest BCUT2D eigenvalue weighted by atomic mass is 16.5. The number of carbonyl (C=O) groups is 1. The summed E-state index contributed by atoms with van der Waals surface area (Å²) in [7, 11) is 0. The Hall–Kier alpha value is -3.14. The van der Waals surface area contributed by atoms with E-state index in [1.807, 2.05) is 18.7 Å². The van der Waals surface area contributed by atoms with Crippen LogP contribution in [0.15, 0.2) is 36.5 Å². The van der Waals surface area contributed by atoms with Crippen LogP contribution in [0.4, 0.5) is 5.95 Å². The number of hydrogen-bond acceptors (Lipinski definition) is 6. The molecule has 1 saturated heterocycles. The maximum atomic E-state index is 12.3. The van der Waals surface area contributed by atoms with E-state index in [4.69, 9.17) is 10.00 Å². The Bertz CT molecular complexity index is 846. The van der Waals surface area contributed by atoms with Gasteiger partial charge in [0.1, 0.15) is 5.75 Å². The van der Waals surface area contributed by atoms with Gasteiger partial charge in [0.25, 0.3) is 0 Å². The number of rotatable bonds is 5. The summed E-state index contributed by atoms with van der Waals surface area (Å²) in [4.78, 5) is 23.2. The Morgan fingerprint density at radius 1 is 1.41 bits per heavy atom. The zero-order valence-electron chi connectivity index (χ0n) is 15.6. The molecular weight excluding hydrogens is 342 g/mol. The summed E-state index contributed by atoms with van der Waals surface area (Å²) in [5.74, 6) is 1.51. The molecule has 1 N–H and O–H groups in total. The zero-order chi connectivity index (χ0) is 19.2. The smallest absolute Gasteiger partial charge is 0.228 e. The van der Waals surface area contributed by atoms with Crippen LogP contribution in [0.2, 0.25) is 0 Å². The van der Waals surface area contributed by atoms with Gasteiger partial charge in [0.15, 0.2) is 0 Å². The van der Waals surface area contributed by atoms with Crippen molar-refractivity contribution in [2.45, 2.75) is 32.7 Å². The topological polar surface area (TPSA) is 91.1 Å². The molecule has 2 aromatic rings. The highest BCUT2D eigenvalue weighted by Crippen LogP contribution is 2.24. The number of nitrogens with zero attached hydrogens (tertiary/aromatic N) is 4. The fraction of sp³-hybridized carbons (Fsp3) is 0.400. The van der Waals surface area contributed by atoms with E-state index < -0.39 is 0 Å². The second kappa shape index (κ2) is 8.49. The van der Waals surface area contributed by atoms with E-state index in [0.717, 1.165) is 19.4 Å². The molecule has 0 radical (unpaired) electrons. The number of aromatic nitrogens is 2. The molecule has 1 fully saturated rings. The lowest BCUT2D eigenvalue weighted by Crippen LogP contribution is -2.45. The van der Waals surface area contributed by atoms with E-state index in [9.17, 15) is 4.79 Å². The van der Waals surface area contributed by atoms with Crippen LogP contribution < -0.4 is 15.0 Å². The largest absolute Gasteiger partial charge is 0.439 e. The minimum Gasteiger partial charge on any atom is -0.439 e. The fourth-order valence-electron chi connectivity index (χ4n) is 3.07. The second-order valence-electron chi connectivity index (χ2n) is 6.89. The van der Waals surface area contributed by atoms with E-state index in [1.165, 1.54) is 0 Å². The third-order valence-corrected chi connectivity index (χ3v) is 4.31. The maximum absolute atomic E-state index is 12.3. The normalized spacial score (nSPS) is 16.7. The van der Waals surface area contributed by atoms with E-state index >= 15 is 0 Å². The van der Waals surface area contributed by atoms with Crippen molar-refractivity contribution < 1.29 is 9.53 Å². The number of nitriles is 1. The third-order valence-electron chi connectivity index (χ3n) is 4.31. The van der Waals surface area contributed by atoms with Crippen LogP contribution >= 0.6 is 0 Å². The Morgan fingerprint density at radius 3 is 3.04 bits per heavy atom. The van der Waals surface area contributed by atoms with Gasteiger partial charge in [-0.2, -0.15) is 10.2 Å². The Kier molecular flexibility index (Phi) is 5.87. The number of anilines is 1. The molecule has 2 heterocycles. The molecule has 1 amide bonds. The molecule has 0 spiro atoms. The van der Waals surface area contributed by atoms with Gasteiger partial charge in [0.05, 0.1) is 17.6 Å². The number of carbonyl (C=O) groups excluding carboxylic acids is 1. The quantitative estimate of drug-likeness (QED) is 0.876. The standard InChI is InChI=1S/C20H23N5O2/c1-14(2)23-19(26)16-6-4-10-25(13-16)20-22-9-8-18(24-20)27-17-7-3-5-15(11-17)12-21/h3,5,7-9,11,14,16H,4,6,10,13H2,1-2H3,(H,23,26)/t16-/m0/s1. The van der Waals surface area contributed by atoms with E-state index in [-0.39, 0.29) is 17.9 Å². The summed E-state index contributed by atoms with van der Waals surface area (Å²) in [6, 6.07) is 10.8. The van der Waals surface area contributed by atoms with Gasteiger partial charge in [-0.1, -0.05) is 6.07 Å². The number of hydrogen-bond donors (Lipinski definition) is 1. The number of benzene rings is 1. The van der Waals surface area contributed by atoms with Crippen molar-refractivity contribution in [1.82, 2.24) is 15.3 Å². The summed E-state index contributed by atoms with van der Waals surface area (Å²) >= 11 is 0. The molecule has 1 aromatic carbocycles. The third kappa shape index (κ3) is 4.94. The summed E-state index contributed by atoms with van der Waals surface area (Å²) in [6.07, 6.45) is 3.42. The van der Waals surface area contributed by atoms with Crippen LogP contribution in [0.3, 0.4) is 0 Å². The van der Waals surface area contributed by atoms with Crippen molar-refractivity contribution in [3.05, 3.63) is 42.1 Å². The fourth-order valence-corrected chi connectivity index (χ4v) is 3.07. The summed E-state index contributed by atoms with van der Waals surface area (Å²) in [5, 5.41) is 12.0. The molecule has 1 aliphatic rings. The summed E-state index contributed by atoms with van der Waals surface area (Å²) in [5.41, 5.74) is 0.525. The molecule has 0 bridgehead atoms. The predicted molar refractivity (Wildman–Crippen MR) is 101 cm³/mol. The number of piperidine rings is 1. The molecule has 1 atom stereocenters. The first-order valence-corrected chi connectivity index (χ1v) is 9.11. The van der Waals surface area contributed by atoms with Gasteiger partial charge in [-0.05, 0) is 44.9 Å². The van der Waals surface area contributed by atoms with Crippen molar-refractivity contribution in [2.24, 2.45) is 5.92 Å². The molecule has 7 nitrogen and oxygen atoms in total. The lowest BCUT2D eigenvalue weighted by molar-refractivity contribution is -0.125. The molecule has 1 aliphatic heterocycles. The SMILES string of the molecule is CC(C)NC(=O)[C@H]1CCCN(c2nccc(Oc3cccc(C#N)c3)n2)C1. The van der Waals surface area contributed by atoms with Gasteiger partial charge in [-0.25, -0.2) is 4.98 Å². The Morgan fingerprint density at radius 2 is 2.26 bits per heavy atom. The van der Waals surface area contributed by atoms with Crippen molar-refractivity contribution in [3.8, 4) is 17.7 Å². The highest BCUT2D eigenvalue weighted by molar-refractivity contribution is 5.79. The molecular formula is C20H23N5O2. The Balaban J connectivity index is 1.71. The van der Waals surface area contributed by atoms with Crippen LogP contribution in [0.1, 0.15) is 32.3 Å². The van der Waals surface area contributed by atoms with Gasteiger partial charge in [0.2, 0.25) is 17.7 Å². The maximum Gasteiger partial charge on any atom is 0.228 e. The van der Waals surface area contributed by atoms with Crippen LogP contribution in [0, 0.1) is 17.2 Å². The summed E-state index contributed by atoms with van der Waals surface area (Å²) in [6.45, 7) is 5.32. The first-order chi connectivity index (χ1) is 13.0. The minimum absolute atomic E-state index is 0.0679. The minimum atomic E-state index is -0.0679. The molecule has 7 heteroatoms. The number of ether oxygens (including phenoxy) is 1. The van der Waals surface area contributed by atoms with Crippen molar-refractivity contribution in [1.29, 1.82) is 5.26 Å². The van der Waals surface area contributed by atoms with Gasteiger partial charge < -0.3 is 15.0 Å². The average molecular weight is 365 g/mol. The lowest BCUT2D eigenvalue weighted by Gasteiger charge is -2.32. The van der Waals surface area contributed by atoms with Crippen molar-refractivity contribution in [2.75, 3.05) is 18.0 Å². The molecule has 1 aromatic heterocycles. The number of amides is 1. The van der Waals surface area contributed by atoms with Crippen LogP contribution in [-0.2, 0) is 4.79 Å². The van der Waals surface area contributed by atoms with Gasteiger partial charge in [-0.3, -0.25) is 4.79 Å². The van der Waals surface area contributed by atoms with Crippen molar-refractivity contribution in [3.63, 3.8) is 0 Å². The van der Waals surface area contributed by atoms with E-state index in [2.05, 4.69) is 21.4 Å². The van der Waals surface area contributed by atoms with E-state index in [0.29, 0.717) is 29.7 Å². The van der Waals surface area contributed by atoms with Crippen LogP contribution in [0.5, 0.6) is 11.6 Å². The van der Waals surface area contributed by atoms with Gasteiger partial charge >= 0.3 is 0 Å². The van der Waals surface area contributed by atoms with Crippen LogP contribution in [-0.4, -0.2) is 35.0 Å². The van der Waals surface area contributed by atoms with Crippen LogP contribution in [0.25, 0.3) is 0 Å². The molecule has 0 aliphatic carbocycles. The van der Waals surface area contributed by atoms with E-state index in [1.54, 1.807) is 36.5 Å². The Labute approximate surface area is 159 Å². The second-order valence-corrected chi connectivity index (χ2v) is 6.89. The van der Waals surface area contributed by atoms with Gasteiger partial charge in [-0.15, -0.1) is 0 Å². The zero-order valence-corrected chi connectivity index (χ0v) is 15.6. The molecule has 0 saturated carbocycles.